The van der Waals surface area contributed by atoms with E-state index in [1.165, 1.54) is 22.3 Å². The molecular formula is C21H18O. The van der Waals surface area contributed by atoms with Gasteiger partial charge in [0.1, 0.15) is 0 Å². The van der Waals surface area contributed by atoms with Crippen molar-refractivity contribution in [2.75, 3.05) is 0 Å². The predicted octanol–water partition coefficient (Wildman–Crippen LogP) is 4.46. The number of aliphatic hydroxyl groups excluding tert-OH is 1. The molecule has 0 fully saturated rings. The van der Waals surface area contributed by atoms with E-state index in [1.807, 2.05) is 30.3 Å². The number of rotatable bonds is 2. The van der Waals surface area contributed by atoms with E-state index in [4.69, 9.17) is 0 Å². The summed E-state index contributed by atoms with van der Waals surface area (Å²) in [5, 5.41) is 11.0. The van der Waals surface area contributed by atoms with Crippen LogP contribution in [0, 0.1) is 0 Å². The highest BCUT2D eigenvalue weighted by atomic mass is 16.3. The van der Waals surface area contributed by atoms with Crippen LogP contribution in [0.25, 0.3) is 0 Å². The highest BCUT2D eigenvalue weighted by Gasteiger charge is 2.31. The summed E-state index contributed by atoms with van der Waals surface area (Å²) in [6.45, 7) is 0. The van der Waals surface area contributed by atoms with Crippen molar-refractivity contribution < 1.29 is 5.11 Å². The van der Waals surface area contributed by atoms with Gasteiger partial charge in [-0.05, 0) is 34.2 Å². The van der Waals surface area contributed by atoms with E-state index in [-0.39, 0.29) is 5.92 Å². The minimum absolute atomic E-state index is 0.00329. The Morgan fingerprint density at radius 2 is 1.18 bits per heavy atom. The van der Waals surface area contributed by atoms with Gasteiger partial charge in [-0.25, -0.2) is 0 Å². The number of hydrogen-bond donors (Lipinski definition) is 1. The molecule has 0 spiro atoms. The molecule has 0 saturated carbocycles. The van der Waals surface area contributed by atoms with Crippen LogP contribution in [-0.4, -0.2) is 5.11 Å². The quantitative estimate of drug-likeness (QED) is 0.737. The molecule has 1 aliphatic carbocycles. The average molecular weight is 286 g/mol. The molecular weight excluding hydrogens is 268 g/mol. The molecule has 1 nitrogen and oxygen atoms in total. The Labute approximate surface area is 130 Å². The van der Waals surface area contributed by atoms with Gasteiger partial charge in [-0.1, -0.05) is 78.9 Å². The van der Waals surface area contributed by atoms with Gasteiger partial charge >= 0.3 is 0 Å². The summed E-state index contributed by atoms with van der Waals surface area (Å²) in [5.41, 5.74) is 6.11. The zero-order valence-electron chi connectivity index (χ0n) is 12.3. The van der Waals surface area contributed by atoms with Crippen LogP contribution in [0.15, 0.2) is 78.9 Å². The zero-order valence-corrected chi connectivity index (χ0v) is 12.3. The number of fused-ring (bicyclic) bond motifs is 2. The van der Waals surface area contributed by atoms with E-state index in [0.717, 1.165) is 12.0 Å². The lowest BCUT2D eigenvalue weighted by molar-refractivity contribution is 0.157. The van der Waals surface area contributed by atoms with Crippen LogP contribution in [0.5, 0.6) is 0 Å². The van der Waals surface area contributed by atoms with Gasteiger partial charge in [0.25, 0.3) is 0 Å². The van der Waals surface area contributed by atoms with Crippen molar-refractivity contribution in [1.82, 2.24) is 0 Å². The van der Waals surface area contributed by atoms with Crippen LogP contribution in [0.2, 0.25) is 0 Å². The molecule has 0 saturated heterocycles. The standard InChI is InChI=1S/C21H18O/c22-21(15-8-2-1-3-9-15)20-18-12-6-4-10-16(18)14-17-11-5-7-13-19(17)20/h1-13,20-22H,14H2/t21-/m0/s1. The topological polar surface area (TPSA) is 20.2 Å². The summed E-state index contributed by atoms with van der Waals surface area (Å²) in [6, 6.07) is 26.9. The first kappa shape index (κ1) is 13.3. The molecule has 3 aromatic rings. The van der Waals surface area contributed by atoms with E-state index >= 15 is 0 Å². The Morgan fingerprint density at radius 3 is 1.77 bits per heavy atom. The molecule has 3 aromatic carbocycles. The first-order chi connectivity index (χ1) is 10.8. The molecule has 0 unspecified atom stereocenters. The molecule has 1 atom stereocenters. The summed E-state index contributed by atoms with van der Waals surface area (Å²) in [6.07, 6.45) is 0.425. The maximum Gasteiger partial charge on any atom is 0.0899 e. The van der Waals surface area contributed by atoms with Gasteiger partial charge in [-0.2, -0.15) is 0 Å². The molecule has 1 aliphatic rings. The minimum Gasteiger partial charge on any atom is -0.387 e. The molecule has 108 valence electrons. The Hall–Kier alpha value is -2.38. The SMILES string of the molecule is O[C@@H](c1ccccc1)C1c2ccccc2Cc2ccccc21. The Bertz CT molecular complexity index is 746. The third-order valence-electron chi connectivity index (χ3n) is 4.62. The van der Waals surface area contributed by atoms with Crippen molar-refractivity contribution >= 4 is 0 Å². The van der Waals surface area contributed by atoms with Gasteiger partial charge in [0.2, 0.25) is 0 Å². The second-order valence-electron chi connectivity index (χ2n) is 5.91. The van der Waals surface area contributed by atoms with Crippen LogP contribution in [-0.2, 0) is 6.42 Å². The van der Waals surface area contributed by atoms with Gasteiger partial charge < -0.3 is 5.11 Å². The van der Waals surface area contributed by atoms with Gasteiger partial charge in [-0.15, -0.1) is 0 Å². The molecule has 1 heteroatoms. The third-order valence-corrected chi connectivity index (χ3v) is 4.62. The Balaban J connectivity index is 1.88. The monoisotopic (exact) mass is 286 g/mol. The molecule has 1 N–H and O–H groups in total. The summed E-state index contributed by atoms with van der Waals surface area (Å²) >= 11 is 0. The van der Waals surface area contributed by atoms with Gasteiger partial charge in [0, 0.05) is 5.92 Å². The highest BCUT2D eigenvalue weighted by molar-refractivity contribution is 5.50. The van der Waals surface area contributed by atoms with E-state index in [9.17, 15) is 5.11 Å². The molecule has 0 heterocycles. The summed E-state index contributed by atoms with van der Waals surface area (Å²) in [4.78, 5) is 0. The number of aliphatic hydroxyl groups is 1. The summed E-state index contributed by atoms with van der Waals surface area (Å²) in [5.74, 6) is 0.00329. The van der Waals surface area contributed by atoms with Crippen molar-refractivity contribution in [2.45, 2.75) is 18.4 Å². The lowest BCUT2D eigenvalue weighted by atomic mass is 9.74. The van der Waals surface area contributed by atoms with Gasteiger partial charge in [-0.3, -0.25) is 0 Å². The Kier molecular flexibility index (Phi) is 3.28. The van der Waals surface area contributed by atoms with Crippen LogP contribution in [0.4, 0.5) is 0 Å². The van der Waals surface area contributed by atoms with Crippen LogP contribution in [0.1, 0.15) is 39.8 Å². The second kappa shape index (κ2) is 5.43. The van der Waals surface area contributed by atoms with Crippen molar-refractivity contribution in [3.05, 3.63) is 107 Å². The molecule has 0 radical (unpaired) electrons. The normalized spacial score (nSPS) is 15.0. The van der Waals surface area contributed by atoms with Gasteiger partial charge in [0.15, 0.2) is 0 Å². The average Bonchev–Trinajstić information content (AvgIpc) is 2.60. The van der Waals surface area contributed by atoms with E-state index < -0.39 is 6.10 Å². The maximum absolute atomic E-state index is 11.0. The maximum atomic E-state index is 11.0. The largest absolute Gasteiger partial charge is 0.387 e. The van der Waals surface area contributed by atoms with Crippen LogP contribution in [0.3, 0.4) is 0 Å². The molecule has 22 heavy (non-hydrogen) atoms. The van der Waals surface area contributed by atoms with Crippen LogP contribution < -0.4 is 0 Å². The number of benzene rings is 3. The molecule has 0 aromatic heterocycles. The van der Waals surface area contributed by atoms with Crippen molar-refractivity contribution in [3.8, 4) is 0 Å². The molecule has 0 amide bonds. The lowest BCUT2D eigenvalue weighted by Gasteiger charge is -2.32. The summed E-state index contributed by atoms with van der Waals surface area (Å²) < 4.78 is 0. The summed E-state index contributed by atoms with van der Waals surface area (Å²) in [7, 11) is 0. The zero-order chi connectivity index (χ0) is 14.9. The fourth-order valence-corrected chi connectivity index (χ4v) is 3.55. The first-order valence-electron chi connectivity index (χ1n) is 7.73. The number of hydrogen-bond acceptors (Lipinski definition) is 1. The minimum atomic E-state index is -0.524. The van der Waals surface area contributed by atoms with E-state index in [2.05, 4.69) is 48.5 Å². The van der Waals surface area contributed by atoms with Gasteiger partial charge in [0.05, 0.1) is 6.10 Å². The van der Waals surface area contributed by atoms with Crippen LogP contribution >= 0.6 is 0 Å². The van der Waals surface area contributed by atoms with E-state index in [0.29, 0.717) is 0 Å². The molecule has 0 aliphatic heterocycles. The van der Waals surface area contributed by atoms with Crippen molar-refractivity contribution in [2.24, 2.45) is 0 Å². The smallest absolute Gasteiger partial charge is 0.0899 e. The first-order valence-corrected chi connectivity index (χ1v) is 7.73. The third kappa shape index (κ3) is 2.15. The molecule has 0 bridgehead atoms. The van der Waals surface area contributed by atoms with Crippen molar-refractivity contribution in [3.63, 3.8) is 0 Å². The fraction of sp³-hybridized carbons (Fsp3) is 0.143. The lowest BCUT2D eigenvalue weighted by Crippen LogP contribution is -2.20. The fourth-order valence-electron chi connectivity index (χ4n) is 3.55. The predicted molar refractivity (Wildman–Crippen MR) is 88.9 cm³/mol. The second-order valence-corrected chi connectivity index (χ2v) is 5.91. The molecule has 4 rings (SSSR count). The van der Waals surface area contributed by atoms with Crippen molar-refractivity contribution in [1.29, 1.82) is 0 Å². The highest BCUT2D eigenvalue weighted by Crippen LogP contribution is 2.43. The van der Waals surface area contributed by atoms with E-state index in [1.54, 1.807) is 0 Å². The Morgan fingerprint density at radius 1 is 0.682 bits per heavy atom.